The van der Waals surface area contributed by atoms with Gasteiger partial charge in [0.05, 0.1) is 12.1 Å². The number of aryl methyl sites for hydroxylation is 1. The third-order valence-corrected chi connectivity index (χ3v) is 4.03. The normalized spacial score (nSPS) is 21.0. The Morgan fingerprint density at radius 2 is 2.35 bits per heavy atom. The summed E-state index contributed by atoms with van der Waals surface area (Å²) in [5.74, 6) is 1.18. The maximum Gasteiger partial charge on any atom is 0.125 e. The van der Waals surface area contributed by atoms with Gasteiger partial charge in [0.1, 0.15) is 5.82 Å². The molecule has 2 heterocycles. The molecule has 0 bridgehead atoms. The second-order valence-corrected chi connectivity index (χ2v) is 5.66. The number of nitrogens with one attached hydrogen (secondary N) is 1. The molecule has 0 amide bonds. The van der Waals surface area contributed by atoms with E-state index in [4.69, 9.17) is 4.74 Å². The lowest BCUT2D eigenvalue weighted by Crippen LogP contribution is -2.27. The predicted octanol–water partition coefficient (Wildman–Crippen LogP) is 3.29. The number of rotatable bonds is 8. The standard InChI is InChI=1S/C16H29N3O/c1-3-11-19-12-10-18-16(19)15(17-4-2)9-8-14-7-5-6-13-20-14/h10,12,14-15,17H,3-9,11,13H2,1-2H3. The lowest BCUT2D eigenvalue weighted by molar-refractivity contribution is 0.00837. The van der Waals surface area contributed by atoms with Crippen molar-refractivity contribution < 1.29 is 4.74 Å². The zero-order valence-corrected chi connectivity index (χ0v) is 13.0. The van der Waals surface area contributed by atoms with Crippen LogP contribution in [0, 0.1) is 0 Å². The van der Waals surface area contributed by atoms with Crippen LogP contribution in [0.5, 0.6) is 0 Å². The molecule has 0 aromatic carbocycles. The fraction of sp³-hybridized carbons (Fsp3) is 0.812. The first kappa shape index (κ1) is 15.5. The van der Waals surface area contributed by atoms with E-state index in [1.807, 2.05) is 6.20 Å². The zero-order valence-electron chi connectivity index (χ0n) is 13.0. The van der Waals surface area contributed by atoms with Gasteiger partial charge in [-0.25, -0.2) is 4.98 Å². The molecule has 0 spiro atoms. The molecule has 1 aliphatic heterocycles. The van der Waals surface area contributed by atoms with E-state index in [1.165, 1.54) is 25.1 Å². The van der Waals surface area contributed by atoms with Gasteiger partial charge in [0, 0.05) is 25.5 Å². The Kier molecular flexibility index (Phi) is 6.54. The maximum absolute atomic E-state index is 5.85. The molecule has 0 saturated carbocycles. The van der Waals surface area contributed by atoms with Crippen LogP contribution in [0.2, 0.25) is 0 Å². The Balaban J connectivity index is 1.93. The largest absolute Gasteiger partial charge is 0.378 e. The van der Waals surface area contributed by atoms with Crippen LogP contribution >= 0.6 is 0 Å². The fourth-order valence-electron chi connectivity index (χ4n) is 3.02. The van der Waals surface area contributed by atoms with E-state index in [0.717, 1.165) is 39.0 Å². The van der Waals surface area contributed by atoms with Crippen molar-refractivity contribution in [1.82, 2.24) is 14.9 Å². The molecule has 114 valence electrons. The summed E-state index contributed by atoms with van der Waals surface area (Å²) >= 11 is 0. The van der Waals surface area contributed by atoms with Crippen LogP contribution in [0.3, 0.4) is 0 Å². The van der Waals surface area contributed by atoms with Gasteiger partial charge in [0.2, 0.25) is 0 Å². The van der Waals surface area contributed by atoms with Crippen LogP contribution in [0.4, 0.5) is 0 Å². The molecule has 2 unspecified atom stereocenters. The fourth-order valence-corrected chi connectivity index (χ4v) is 3.02. The lowest BCUT2D eigenvalue weighted by atomic mass is 10.0. The van der Waals surface area contributed by atoms with Crippen LogP contribution in [0.25, 0.3) is 0 Å². The number of nitrogens with zero attached hydrogens (tertiary/aromatic N) is 2. The molecule has 1 aromatic rings. The molecule has 4 nitrogen and oxygen atoms in total. The highest BCUT2D eigenvalue weighted by molar-refractivity contribution is 4.99. The summed E-state index contributed by atoms with van der Waals surface area (Å²) in [7, 11) is 0. The van der Waals surface area contributed by atoms with Crippen molar-refractivity contribution in [3.63, 3.8) is 0 Å². The van der Waals surface area contributed by atoms with Gasteiger partial charge in [-0.1, -0.05) is 13.8 Å². The number of hydrogen-bond acceptors (Lipinski definition) is 3. The second kappa shape index (κ2) is 8.42. The van der Waals surface area contributed by atoms with Gasteiger partial charge < -0.3 is 14.6 Å². The van der Waals surface area contributed by atoms with E-state index in [1.54, 1.807) is 0 Å². The van der Waals surface area contributed by atoms with E-state index < -0.39 is 0 Å². The molecule has 0 aliphatic carbocycles. The van der Waals surface area contributed by atoms with E-state index in [0.29, 0.717) is 12.1 Å². The third-order valence-electron chi connectivity index (χ3n) is 4.03. The van der Waals surface area contributed by atoms with Crippen molar-refractivity contribution in [2.24, 2.45) is 0 Å². The summed E-state index contributed by atoms with van der Waals surface area (Å²) in [5, 5.41) is 3.58. The molecular weight excluding hydrogens is 250 g/mol. The quantitative estimate of drug-likeness (QED) is 0.793. The predicted molar refractivity (Wildman–Crippen MR) is 81.8 cm³/mol. The minimum absolute atomic E-state index is 0.354. The Morgan fingerprint density at radius 1 is 1.45 bits per heavy atom. The molecule has 1 fully saturated rings. The van der Waals surface area contributed by atoms with Gasteiger partial charge in [-0.2, -0.15) is 0 Å². The number of ether oxygens (including phenoxy) is 1. The topological polar surface area (TPSA) is 39.1 Å². The second-order valence-electron chi connectivity index (χ2n) is 5.66. The highest BCUT2D eigenvalue weighted by atomic mass is 16.5. The molecule has 1 aromatic heterocycles. The molecule has 1 N–H and O–H groups in total. The van der Waals surface area contributed by atoms with Crippen molar-refractivity contribution in [2.45, 2.75) is 71.1 Å². The SMILES string of the molecule is CCCn1ccnc1C(CCC1CCCCO1)NCC. The summed E-state index contributed by atoms with van der Waals surface area (Å²) in [6, 6.07) is 0.354. The van der Waals surface area contributed by atoms with Crippen LogP contribution < -0.4 is 5.32 Å². The van der Waals surface area contributed by atoms with E-state index in [9.17, 15) is 0 Å². The Labute approximate surface area is 122 Å². The summed E-state index contributed by atoms with van der Waals surface area (Å²) in [5.41, 5.74) is 0. The van der Waals surface area contributed by atoms with Crippen LogP contribution in [0.1, 0.15) is 64.2 Å². The van der Waals surface area contributed by atoms with Crippen LogP contribution in [0.15, 0.2) is 12.4 Å². The lowest BCUT2D eigenvalue weighted by Gasteiger charge is -2.25. The van der Waals surface area contributed by atoms with Gasteiger partial charge in [0.25, 0.3) is 0 Å². The Hall–Kier alpha value is -0.870. The molecule has 20 heavy (non-hydrogen) atoms. The molecular formula is C16H29N3O. The summed E-state index contributed by atoms with van der Waals surface area (Å²) in [6.45, 7) is 7.35. The highest BCUT2D eigenvalue weighted by Crippen LogP contribution is 2.23. The molecule has 1 saturated heterocycles. The first-order valence-corrected chi connectivity index (χ1v) is 8.21. The average Bonchev–Trinajstić information content (AvgIpc) is 2.93. The smallest absolute Gasteiger partial charge is 0.125 e. The van der Waals surface area contributed by atoms with Crippen molar-refractivity contribution in [3.05, 3.63) is 18.2 Å². The first-order valence-electron chi connectivity index (χ1n) is 8.21. The summed E-state index contributed by atoms with van der Waals surface area (Å²) < 4.78 is 8.13. The number of imidazole rings is 1. The van der Waals surface area contributed by atoms with Gasteiger partial charge in [-0.05, 0) is 45.1 Å². The van der Waals surface area contributed by atoms with Gasteiger partial charge in [-0.3, -0.25) is 0 Å². The number of aromatic nitrogens is 2. The summed E-state index contributed by atoms with van der Waals surface area (Å²) in [6.07, 6.45) is 11.6. The Bertz CT molecular complexity index is 372. The van der Waals surface area contributed by atoms with E-state index in [-0.39, 0.29) is 0 Å². The van der Waals surface area contributed by atoms with E-state index >= 15 is 0 Å². The minimum Gasteiger partial charge on any atom is -0.378 e. The average molecular weight is 279 g/mol. The van der Waals surface area contributed by atoms with Gasteiger partial charge in [0.15, 0.2) is 0 Å². The van der Waals surface area contributed by atoms with E-state index in [2.05, 4.69) is 34.9 Å². The van der Waals surface area contributed by atoms with Crippen LogP contribution in [-0.4, -0.2) is 28.8 Å². The molecule has 0 radical (unpaired) electrons. The monoisotopic (exact) mass is 279 g/mol. The Morgan fingerprint density at radius 3 is 3.05 bits per heavy atom. The van der Waals surface area contributed by atoms with Crippen molar-refractivity contribution in [1.29, 1.82) is 0 Å². The highest BCUT2D eigenvalue weighted by Gasteiger charge is 2.20. The molecule has 2 atom stereocenters. The first-order chi connectivity index (χ1) is 9.85. The molecule has 4 heteroatoms. The van der Waals surface area contributed by atoms with Crippen molar-refractivity contribution in [2.75, 3.05) is 13.2 Å². The van der Waals surface area contributed by atoms with Crippen molar-refractivity contribution >= 4 is 0 Å². The maximum atomic E-state index is 5.85. The zero-order chi connectivity index (χ0) is 14.2. The third kappa shape index (κ3) is 4.32. The molecule has 2 rings (SSSR count). The number of hydrogen-bond donors (Lipinski definition) is 1. The van der Waals surface area contributed by atoms with Crippen molar-refractivity contribution in [3.8, 4) is 0 Å². The summed E-state index contributed by atoms with van der Waals surface area (Å²) in [4.78, 5) is 4.58. The van der Waals surface area contributed by atoms with Gasteiger partial charge in [-0.15, -0.1) is 0 Å². The van der Waals surface area contributed by atoms with Gasteiger partial charge >= 0.3 is 0 Å². The molecule has 1 aliphatic rings. The van der Waals surface area contributed by atoms with Crippen LogP contribution in [-0.2, 0) is 11.3 Å². The minimum atomic E-state index is 0.354.